The SMILES string of the molecule is CC(C)[C@H](Oc1ccc2ccccc2c1)C(=O)O. The van der Waals surface area contributed by atoms with Gasteiger partial charge in [0.2, 0.25) is 0 Å². The lowest BCUT2D eigenvalue weighted by Gasteiger charge is -2.18. The van der Waals surface area contributed by atoms with E-state index in [1.165, 1.54) is 0 Å². The van der Waals surface area contributed by atoms with Crippen LogP contribution in [0.25, 0.3) is 10.8 Å². The molecule has 0 saturated carbocycles. The Kier molecular flexibility index (Phi) is 3.51. The number of aliphatic carboxylic acids is 1. The van der Waals surface area contributed by atoms with E-state index in [-0.39, 0.29) is 5.92 Å². The number of carboxylic acid groups (broad SMARTS) is 1. The Bertz CT molecular complexity index is 560. The summed E-state index contributed by atoms with van der Waals surface area (Å²) in [6.07, 6.45) is -0.814. The van der Waals surface area contributed by atoms with E-state index >= 15 is 0 Å². The van der Waals surface area contributed by atoms with Gasteiger partial charge in [-0.1, -0.05) is 44.2 Å². The molecule has 0 aliphatic carbocycles. The number of hydrogen-bond acceptors (Lipinski definition) is 2. The number of benzene rings is 2. The van der Waals surface area contributed by atoms with Crippen molar-refractivity contribution in [3.05, 3.63) is 42.5 Å². The fraction of sp³-hybridized carbons (Fsp3) is 0.267. The van der Waals surface area contributed by atoms with Crippen LogP contribution in [0.3, 0.4) is 0 Å². The molecule has 94 valence electrons. The molecule has 0 saturated heterocycles. The van der Waals surface area contributed by atoms with Gasteiger partial charge in [-0.05, 0) is 22.9 Å². The highest BCUT2D eigenvalue weighted by molar-refractivity contribution is 5.84. The molecule has 0 unspecified atom stereocenters. The van der Waals surface area contributed by atoms with Gasteiger partial charge in [0.1, 0.15) is 5.75 Å². The number of carbonyl (C=O) groups is 1. The molecule has 0 amide bonds. The van der Waals surface area contributed by atoms with Gasteiger partial charge in [-0.2, -0.15) is 0 Å². The molecular weight excluding hydrogens is 228 g/mol. The predicted octanol–water partition coefficient (Wildman–Crippen LogP) is 3.33. The minimum Gasteiger partial charge on any atom is -0.478 e. The summed E-state index contributed by atoms with van der Waals surface area (Å²) in [5.41, 5.74) is 0. The normalized spacial score (nSPS) is 12.6. The number of fused-ring (bicyclic) bond motifs is 1. The van der Waals surface area contributed by atoms with E-state index in [4.69, 9.17) is 9.84 Å². The summed E-state index contributed by atoms with van der Waals surface area (Å²) in [7, 11) is 0. The van der Waals surface area contributed by atoms with Crippen LogP contribution in [0, 0.1) is 5.92 Å². The van der Waals surface area contributed by atoms with Crippen LogP contribution in [0.15, 0.2) is 42.5 Å². The third kappa shape index (κ3) is 2.62. The van der Waals surface area contributed by atoms with Crippen LogP contribution < -0.4 is 4.74 Å². The summed E-state index contributed by atoms with van der Waals surface area (Å²) in [6, 6.07) is 13.5. The first-order valence-corrected chi connectivity index (χ1v) is 5.96. The summed E-state index contributed by atoms with van der Waals surface area (Å²) in [6.45, 7) is 3.67. The number of ether oxygens (including phenoxy) is 1. The second kappa shape index (κ2) is 5.08. The van der Waals surface area contributed by atoms with Crippen molar-refractivity contribution in [3.8, 4) is 5.75 Å². The van der Waals surface area contributed by atoms with Crippen LogP contribution in [0.4, 0.5) is 0 Å². The monoisotopic (exact) mass is 244 g/mol. The van der Waals surface area contributed by atoms with Gasteiger partial charge >= 0.3 is 5.97 Å². The molecule has 0 fully saturated rings. The Balaban J connectivity index is 2.28. The lowest BCUT2D eigenvalue weighted by atomic mass is 10.1. The second-order valence-electron chi connectivity index (χ2n) is 4.63. The van der Waals surface area contributed by atoms with Gasteiger partial charge in [-0.15, -0.1) is 0 Å². The summed E-state index contributed by atoms with van der Waals surface area (Å²) in [5, 5.41) is 11.2. The molecule has 0 aromatic heterocycles. The van der Waals surface area contributed by atoms with Crippen LogP contribution >= 0.6 is 0 Å². The van der Waals surface area contributed by atoms with Crippen molar-refractivity contribution in [2.75, 3.05) is 0 Å². The van der Waals surface area contributed by atoms with E-state index in [1.807, 2.05) is 50.2 Å². The fourth-order valence-corrected chi connectivity index (χ4v) is 1.86. The van der Waals surface area contributed by atoms with Gasteiger partial charge < -0.3 is 9.84 Å². The molecular formula is C15H16O3. The van der Waals surface area contributed by atoms with Gasteiger partial charge in [-0.25, -0.2) is 4.79 Å². The average Bonchev–Trinajstić information content (AvgIpc) is 2.35. The Morgan fingerprint density at radius 1 is 1.11 bits per heavy atom. The van der Waals surface area contributed by atoms with Gasteiger partial charge in [-0.3, -0.25) is 0 Å². The van der Waals surface area contributed by atoms with Gasteiger partial charge in [0.15, 0.2) is 6.10 Å². The zero-order valence-electron chi connectivity index (χ0n) is 10.5. The molecule has 0 aliphatic heterocycles. The van der Waals surface area contributed by atoms with Crippen molar-refractivity contribution < 1.29 is 14.6 Å². The van der Waals surface area contributed by atoms with Gasteiger partial charge in [0, 0.05) is 5.92 Å². The highest BCUT2D eigenvalue weighted by Gasteiger charge is 2.23. The van der Waals surface area contributed by atoms with Crippen molar-refractivity contribution in [2.24, 2.45) is 5.92 Å². The third-order valence-electron chi connectivity index (χ3n) is 2.83. The largest absolute Gasteiger partial charge is 0.478 e. The molecule has 0 aliphatic rings. The predicted molar refractivity (Wildman–Crippen MR) is 70.8 cm³/mol. The molecule has 2 rings (SSSR count). The average molecular weight is 244 g/mol. The lowest BCUT2D eigenvalue weighted by Crippen LogP contribution is -2.32. The topological polar surface area (TPSA) is 46.5 Å². The molecule has 0 spiro atoms. The molecule has 18 heavy (non-hydrogen) atoms. The summed E-state index contributed by atoms with van der Waals surface area (Å²) in [4.78, 5) is 11.1. The van der Waals surface area contributed by atoms with Crippen molar-refractivity contribution in [1.29, 1.82) is 0 Å². The Labute approximate surface area is 106 Å². The number of carboxylic acids is 1. The number of rotatable bonds is 4. The minimum absolute atomic E-state index is 0.0750. The molecule has 0 radical (unpaired) electrons. The molecule has 2 aromatic carbocycles. The lowest BCUT2D eigenvalue weighted by molar-refractivity contribution is -0.147. The van der Waals surface area contributed by atoms with Crippen LogP contribution in [-0.2, 0) is 4.79 Å². The van der Waals surface area contributed by atoms with Gasteiger partial charge in [0.05, 0.1) is 0 Å². The maximum Gasteiger partial charge on any atom is 0.345 e. The van der Waals surface area contributed by atoms with Crippen LogP contribution in [0.1, 0.15) is 13.8 Å². The Morgan fingerprint density at radius 3 is 2.39 bits per heavy atom. The molecule has 1 N–H and O–H groups in total. The molecule has 3 nitrogen and oxygen atoms in total. The highest BCUT2D eigenvalue weighted by atomic mass is 16.5. The van der Waals surface area contributed by atoms with Crippen LogP contribution in [0.5, 0.6) is 5.75 Å². The van der Waals surface area contributed by atoms with Crippen LogP contribution in [-0.4, -0.2) is 17.2 Å². The first-order chi connectivity index (χ1) is 8.58. The second-order valence-corrected chi connectivity index (χ2v) is 4.63. The third-order valence-corrected chi connectivity index (χ3v) is 2.83. The number of hydrogen-bond donors (Lipinski definition) is 1. The fourth-order valence-electron chi connectivity index (χ4n) is 1.86. The van der Waals surface area contributed by atoms with Crippen molar-refractivity contribution in [3.63, 3.8) is 0 Å². The smallest absolute Gasteiger partial charge is 0.345 e. The summed E-state index contributed by atoms with van der Waals surface area (Å²) in [5.74, 6) is -0.415. The van der Waals surface area contributed by atoms with E-state index in [9.17, 15) is 4.79 Å². The zero-order valence-corrected chi connectivity index (χ0v) is 10.5. The standard InChI is InChI=1S/C15H16O3/c1-10(2)14(15(16)17)18-13-8-7-11-5-3-4-6-12(11)9-13/h3-10,14H,1-2H3,(H,16,17)/t14-/m0/s1. The van der Waals surface area contributed by atoms with Gasteiger partial charge in [0.25, 0.3) is 0 Å². The Morgan fingerprint density at radius 2 is 1.78 bits per heavy atom. The summed E-state index contributed by atoms with van der Waals surface area (Å²) < 4.78 is 5.55. The Hall–Kier alpha value is -2.03. The maximum absolute atomic E-state index is 11.1. The van der Waals surface area contributed by atoms with E-state index in [2.05, 4.69) is 0 Å². The van der Waals surface area contributed by atoms with E-state index in [1.54, 1.807) is 6.07 Å². The first-order valence-electron chi connectivity index (χ1n) is 5.96. The highest BCUT2D eigenvalue weighted by Crippen LogP contribution is 2.22. The maximum atomic E-state index is 11.1. The van der Waals surface area contributed by atoms with E-state index in [0.717, 1.165) is 10.8 Å². The van der Waals surface area contributed by atoms with E-state index in [0.29, 0.717) is 5.75 Å². The molecule has 3 heteroatoms. The summed E-state index contributed by atoms with van der Waals surface area (Å²) >= 11 is 0. The van der Waals surface area contributed by atoms with E-state index < -0.39 is 12.1 Å². The van der Waals surface area contributed by atoms with Crippen molar-refractivity contribution >= 4 is 16.7 Å². The molecule has 2 aromatic rings. The van der Waals surface area contributed by atoms with Crippen molar-refractivity contribution in [2.45, 2.75) is 20.0 Å². The zero-order chi connectivity index (χ0) is 13.1. The first kappa shape index (κ1) is 12.4. The molecule has 0 heterocycles. The van der Waals surface area contributed by atoms with Crippen molar-refractivity contribution in [1.82, 2.24) is 0 Å². The molecule has 0 bridgehead atoms. The quantitative estimate of drug-likeness (QED) is 0.897. The molecule has 1 atom stereocenters. The minimum atomic E-state index is -0.932. The van der Waals surface area contributed by atoms with Crippen LogP contribution in [0.2, 0.25) is 0 Å².